The minimum atomic E-state index is -0.357. The third kappa shape index (κ3) is 4.10. The molecule has 2 N–H and O–H groups in total. The van der Waals surface area contributed by atoms with Crippen LogP contribution in [0.25, 0.3) is 6.08 Å². The first kappa shape index (κ1) is 19.7. The van der Waals surface area contributed by atoms with Crippen LogP contribution in [0.15, 0.2) is 46.4 Å². The molecule has 28 heavy (non-hydrogen) atoms. The van der Waals surface area contributed by atoms with Crippen LogP contribution >= 0.6 is 24.0 Å². The van der Waals surface area contributed by atoms with E-state index in [9.17, 15) is 15.0 Å². The zero-order valence-corrected chi connectivity index (χ0v) is 16.6. The number of rotatable bonds is 5. The summed E-state index contributed by atoms with van der Waals surface area (Å²) < 4.78 is 10.4. The summed E-state index contributed by atoms with van der Waals surface area (Å²) in [6.45, 7) is 0. The van der Waals surface area contributed by atoms with E-state index in [1.807, 2.05) is 0 Å². The quantitative estimate of drug-likeness (QED) is 0.439. The Morgan fingerprint density at radius 3 is 2.21 bits per heavy atom. The summed E-state index contributed by atoms with van der Waals surface area (Å²) in [7, 11) is 2.90. The molecule has 0 unspecified atom stereocenters. The highest BCUT2D eigenvalue weighted by molar-refractivity contribution is 8.26. The van der Waals surface area contributed by atoms with Gasteiger partial charge in [-0.25, -0.2) is 0 Å². The second-order valence-corrected chi connectivity index (χ2v) is 7.28. The zero-order valence-electron chi connectivity index (χ0n) is 14.9. The molecule has 0 aromatic heterocycles. The minimum absolute atomic E-state index is 0.0116. The maximum Gasteiger partial charge on any atom is 0.286 e. The first-order chi connectivity index (χ1) is 13.4. The second kappa shape index (κ2) is 8.32. The number of benzene rings is 2. The molecular weight excluding hydrogens is 400 g/mol. The van der Waals surface area contributed by atoms with Crippen molar-refractivity contribution in [2.24, 2.45) is 5.10 Å². The van der Waals surface area contributed by atoms with Gasteiger partial charge in [-0.05, 0) is 59.8 Å². The van der Waals surface area contributed by atoms with Gasteiger partial charge in [0.05, 0.1) is 25.3 Å². The molecule has 1 aliphatic heterocycles. The molecule has 9 heteroatoms. The third-order valence-electron chi connectivity index (χ3n) is 3.80. The molecule has 0 saturated carbocycles. The van der Waals surface area contributed by atoms with Crippen LogP contribution in [-0.2, 0) is 4.79 Å². The summed E-state index contributed by atoms with van der Waals surface area (Å²) in [5.41, 5.74) is 1.32. The molecule has 1 heterocycles. The first-order valence-corrected chi connectivity index (χ1v) is 9.21. The largest absolute Gasteiger partial charge is 0.504 e. The number of ether oxygens (including phenoxy) is 2. The lowest BCUT2D eigenvalue weighted by molar-refractivity contribution is -0.122. The Kier molecular flexibility index (Phi) is 5.86. The number of methoxy groups -OCH3 is 2. The van der Waals surface area contributed by atoms with Gasteiger partial charge in [-0.1, -0.05) is 17.8 Å². The second-order valence-electron chi connectivity index (χ2n) is 5.60. The summed E-state index contributed by atoms with van der Waals surface area (Å²) in [6, 6.07) is 9.47. The fourth-order valence-corrected chi connectivity index (χ4v) is 3.57. The number of nitrogens with zero attached hydrogens (tertiary/aromatic N) is 2. The Morgan fingerprint density at radius 1 is 1.04 bits per heavy atom. The predicted octanol–water partition coefficient (Wildman–Crippen LogP) is 3.35. The molecule has 1 amide bonds. The van der Waals surface area contributed by atoms with Crippen LogP contribution in [0.4, 0.5) is 0 Å². The topological polar surface area (TPSA) is 91.6 Å². The van der Waals surface area contributed by atoms with Gasteiger partial charge in [0, 0.05) is 0 Å². The highest BCUT2D eigenvalue weighted by Crippen LogP contribution is 2.34. The Morgan fingerprint density at radius 2 is 1.61 bits per heavy atom. The van der Waals surface area contributed by atoms with Crippen LogP contribution in [0.5, 0.6) is 23.0 Å². The van der Waals surface area contributed by atoms with E-state index >= 15 is 0 Å². The van der Waals surface area contributed by atoms with Crippen molar-refractivity contribution >= 4 is 46.5 Å². The highest BCUT2D eigenvalue weighted by atomic mass is 32.2. The van der Waals surface area contributed by atoms with Crippen LogP contribution in [-0.4, -0.2) is 45.9 Å². The van der Waals surface area contributed by atoms with Gasteiger partial charge in [0.25, 0.3) is 5.91 Å². The molecule has 144 valence electrons. The SMILES string of the molecule is COc1cc(C=C2SC(=S)N(/N=C/c3ccc(O)c(OC)c3)C2=O)ccc1O. The van der Waals surface area contributed by atoms with Gasteiger partial charge in [-0.2, -0.15) is 10.1 Å². The summed E-state index contributed by atoms with van der Waals surface area (Å²) in [4.78, 5) is 13.0. The Labute approximate surface area is 170 Å². The monoisotopic (exact) mass is 416 g/mol. The number of hydrogen-bond donors (Lipinski definition) is 2. The number of amides is 1. The smallest absolute Gasteiger partial charge is 0.286 e. The number of phenolic OH excluding ortho intramolecular Hbond substituents is 2. The number of carbonyl (C=O) groups is 1. The molecule has 2 aromatic rings. The number of aromatic hydroxyl groups is 2. The summed E-state index contributed by atoms with van der Waals surface area (Å²) in [5.74, 6) is 0.279. The Balaban J connectivity index is 1.82. The molecule has 0 aliphatic carbocycles. The molecule has 3 rings (SSSR count). The summed E-state index contributed by atoms with van der Waals surface area (Å²) in [6.07, 6.45) is 3.11. The number of hydrazone groups is 1. The van der Waals surface area contributed by atoms with Crippen molar-refractivity contribution in [3.8, 4) is 23.0 Å². The average molecular weight is 416 g/mol. The summed E-state index contributed by atoms with van der Waals surface area (Å²) in [5, 5.41) is 24.6. The number of thiocarbonyl (C=S) groups is 1. The molecule has 7 nitrogen and oxygen atoms in total. The number of thioether (sulfide) groups is 1. The van der Waals surface area contributed by atoms with E-state index in [-0.39, 0.29) is 17.4 Å². The van der Waals surface area contributed by atoms with Gasteiger partial charge in [0.1, 0.15) is 0 Å². The fraction of sp³-hybridized carbons (Fsp3) is 0.105. The zero-order chi connectivity index (χ0) is 20.3. The van der Waals surface area contributed by atoms with E-state index in [4.69, 9.17) is 21.7 Å². The molecule has 2 aromatic carbocycles. The van der Waals surface area contributed by atoms with Crippen LogP contribution in [0.3, 0.4) is 0 Å². The minimum Gasteiger partial charge on any atom is -0.504 e. The lowest BCUT2D eigenvalue weighted by atomic mass is 10.2. The fourth-order valence-electron chi connectivity index (χ4n) is 2.39. The lowest BCUT2D eigenvalue weighted by Crippen LogP contribution is -2.22. The van der Waals surface area contributed by atoms with E-state index in [2.05, 4.69) is 5.10 Å². The van der Waals surface area contributed by atoms with Crippen LogP contribution in [0.1, 0.15) is 11.1 Å². The molecule has 1 saturated heterocycles. The molecular formula is C19H16N2O5S2. The normalized spacial score (nSPS) is 15.6. The van der Waals surface area contributed by atoms with Gasteiger partial charge in [-0.3, -0.25) is 4.79 Å². The molecule has 0 bridgehead atoms. The van der Waals surface area contributed by atoms with Crippen LogP contribution < -0.4 is 9.47 Å². The Hall–Kier alpha value is -3.04. The first-order valence-electron chi connectivity index (χ1n) is 7.99. The van der Waals surface area contributed by atoms with E-state index in [1.165, 1.54) is 32.6 Å². The Bertz CT molecular complexity index is 1000. The van der Waals surface area contributed by atoms with Crippen molar-refractivity contribution in [1.82, 2.24) is 5.01 Å². The maximum atomic E-state index is 12.6. The molecule has 0 atom stereocenters. The molecule has 1 aliphatic rings. The maximum absolute atomic E-state index is 12.6. The van der Waals surface area contributed by atoms with Crippen molar-refractivity contribution in [3.63, 3.8) is 0 Å². The van der Waals surface area contributed by atoms with Crippen LogP contribution in [0, 0.1) is 0 Å². The van der Waals surface area contributed by atoms with Crippen LogP contribution in [0.2, 0.25) is 0 Å². The van der Waals surface area contributed by atoms with Gasteiger partial charge in [0.15, 0.2) is 27.3 Å². The number of hydrogen-bond acceptors (Lipinski definition) is 8. The number of phenols is 2. The van der Waals surface area contributed by atoms with Gasteiger partial charge in [0.2, 0.25) is 0 Å². The van der Waals surface area contributed by atoms with Crippen molar-refractivity contribution in [2.45, 2.75) is 0 Å². The lowest BCUT2D eigenvalue weighted by Gasteiger charge is -2.07. The summed E-state index contributed by atoms with van der Waals surface area (Å²) >= 11 is 6.38. The molecule has 1 fully saturated rings. The standard InChI is InChI=1S/C19H16N2O5S2/c1-25-15-7-11(3-5-13(15)22)9-17-18(24)21(19(27)28-17)20-10-12-4-6-14(23)16(8-12)26-2/h3-10,22-23H,1-2H3/b17-9?,20-10+. The highest BCUT2D eigenvalue weighted by Gasteiger charge is 2.32. The predicted molar refractivity (Wildman–Crippen MR) is 112 cm³/mol. The molecule has 0 spiro atoms. The van der Waals surface area contributed by atoms with E-state index < -0.39 is 0 Å². The van der Waals surface area contributed by atoms with Crippen molar-refractivity contribution in [2.75, 3.05) is 14.2 Å². The van der Waals surface area contributed by atoms with Crippen molar-refractivity contribution in [1.29, 1.82) is 0 Å². The number of carbonyl (C=O) groups excluding carboxylic acids is 1. The van der Waals surface area contributed by atoms with Gasteiger partial charge < -0.3 is 19.7 Å². The van der Waals surface area contributed by atoms with E-state index in [0.29, 0.717) is 31.9 Å². The van der Waals surface area contributed by atoms with E-state index in [0.717, 1.165) is 16.8 Å². The average Bonchev–Trinajstić information content (AvgIpc) is 2.95. The van der Waals surface area contributed by atoms with E-state index in [1.54, 1.807) is 30.3 Å². The van der Waals surface area contributed by atoms with Gasteiger partial charge in [-0.15, -0.1) is 0 Å². The van der Waals surface area contributed by atoms with Crippen molar-refractivity contribution < 1.29 is 24.5 Å². The van der Waals surface area contributed by atoms with Gasteiger partial charge >= 0.3 is 0 Å². The molecule has 0 radical (unpaired) electrons. The third-order valence-corrected chi connectivity index (χ3v) is 5.08. The van der Waals surface area contributed by atoms with Crippen molar-refractivity contribution in [3.05, 3.63) is 52.4 Å².